The van der Waals surface area contributed by atoms with Gasteiger partial charge in [0.2, 0.25) is 0 Å². The molecule has 0 aromatic heterocycles. The molecular weight excluding hydrogens is 104 g/mol. The van der Waals surface area contributed by atoms with Crippen molar-refractivity contribution in [3.8, 4) is 0 Å². The molecule has 0 aliphatic heterocycles. The highest BCUT2D eigenvalue weighted by molar-refractivity contribution is 6.14. The van der Waals surface area contributed by atoms with E-state index in [1.165, 1.54) is 24.3 Å². The molecule has 0 saturated heterocycles. The van der Waals surface area contributed by atoms with Crippen LogP contribution in [0.3, 0.4) is 0 Å². The molecular formula is C6H6O2. The van der Waals surface area contributed by atoms with E-state index in [-0.39, 0.29) is 13.0 Å². The third kappa shape index (κ3) is 0.904. The third-order valence-electron chi connectivity index (χ3n) is 0.824. The number of hydrogen-bond donors (Lipinski definition) is 0. The van der Waals surface area contributed by atoms with Crippen molar-refractivity contribution < 1.29 is 11.0 Å². The summed E-state index contributed by atoms with van der Waals surface area (Å²) in [5.41, 5.74) is 0. The fourth-order valence-corrected chi connectivity index (χ4v) is 0.440. The summed E-state index contributed by atoms with van der Waals surface area (Å²) in [6.07, 6.45) is 5.01. The van der Waals surface area contributed by atoms with Gasteiger partial charge in [0, 0.05) is 1.43 Å². The lowest BCUT2D eigenvalue weighted by atomic mass is 10.2. The second-order valence-corrected chi connectivity index (χ2v) is 1.47. The van der Waals surface area contributed by atoms with Gasteiger partial charge in [0.1, 0.15) is 0 Å². The molecule has 1 rings (SSSR count). The van der Waals surface area contributed by atoms with Gasteiger partial charge in [-0.15, -0.1) is 0 Å². The average Bonchev–Trinajstić information content (AvgIpc) is 1.77. The van der Waals surface area contributed by atoms with Gasteiger partial charge < -0.3 is 0 Å². The largest absolute Gasteiger partial charge is 0.290 e. The van der Waals surface area contributed by atoms with E-state index in [0.29, 0.717) is 0 Å². The summed E-state index contributed by atoms with van der Waals surface area (Å²) in [4.78, 5) is 20.6. The van der Waals surface area contributed by atoms with E-state index in [2.05, 4.69) is 0 Å². The molecule has 42 valence electrons. The zero-order valence-corrected chi connectivity index (χ0v) is 4.13. The van der Waals surface area contributed by atoms with Crippen LogP contribution in [0.15, 0.2) is 24.3 Å². The van der Waals surface area contributed by atoms with Crippen molar-refractivity contribution in [1.82, 2.24) is 0 Å². The van der Waals surface area contributed by atoms with Crippen molar-refractivity contribution in [3.05, 3.63) is 24.3 Å². The van der Waals surface area contributed by atoms with Gasteiger partial charge >= 0.3 is 0 Å². The normalized spacial score (nSPS) is 17.5. The van der Waals surface area contributed by atoms with Crippen LogP contribution in [-0.2, 0) is 9.59 Å². The first kappa shape index (κ1) is 4.97. The Morgan fingerprint density at radius 3 is 1.38 bits per heavy atom. The number of hydrogen-bond acceptors (Lipinski definition) is 2. The van der Waals surface area contributed by atoms with Crippen molar-refractivity contribution in [2.75, 3.05) is 0 Å². The molecule has 0 unspecified atom stereocenters. The number of allylic oxidation sites excluding steroid dienone is 4. The monoisotopic (exact) mass is 110 g/mol. The quantitative estimate of drug-likeness (QED) is 0.425. The highest BCUT2D eigenvalue weighted by Crippen LogP contribution is 1.90. The molecule has 8 heavy (non-hydrogen) atoms. The molecule has 0 aromatic carbocycles. The highest BCUT2D eigenvalue weighted by Gasteiger charge is 1.97. The molecule has 0 atom stereocenters. The highest BCUT2D eigenvalue weighted by atomic mass is 16.1. The summed E-state index contributed by atoms with van der Waals surface area (Å²) in [5.74, 6) is -0.241. The second-order valence-electron chi connectivity index (χ2n) is 1.47. The maximum Gasteiger partial charge on any atom is 0.178 e. The third-order valence-corrected chi connectivity index (χ3v) is 0.824. The van der Waals surface area contributed by atoms with E-state index in [1.54, 1.807) is 0 Å². The maximum absolute atomic E-state index is 10.3. The number of ketones is 2. The molecule has 0 N–H and O–H groups in total. The second kappa shape index (κ2) is 1.74. The summed E-state index contributed by atoms with van der Waals surface area (Å²) < 4.78 is 0. The maximum atomic E-state index is 10.3. The van der Waals surface area contributed by atoms with Crippen LogP contribution in [0.2, 0.25) is 0 Å². The Kier molecular flexibility index (Phi) is 1.08. The Morgan fingerprint density at radius 2 is 1.12 bits per heavy atom. The van der Waals surface area contributed by atoms with Crippen LogP contribution >= 0.6 is 0 Å². The van der Waals surface area contributed by atoms with Crippen LogP contribution in [0.4, 0.5) is 0 Å². The molecule has 0 spiro atoms. The fraction of sp³-hybridized carbons (Fsp3) is 0. The van der Waals surface area contributed by atoms with Gasteiger partial charge in [0.15, 0.2) is 11.6 Å². The smallest absolute Gasteiger partial charge is 0.178 e. The van der Waals surface area contributed by atoms with Gasteiger partial charge in [0.25, 0.3) is 0 Å². The number of carbonyl (C=O) groups excluding carboxylic acids is 2. The van der Waals surface area contributed by atoms with Crippen LogP contribution in [0.5, 0.6) is 0 Å². The summed E-state index contributed by atoms with van der Waals surface area (Å²) in [7, 11) is 0. The average molecular weight is 110 g/mol. The lowest BCUT2D eigenvalue weighted by Crippen LogP contribution is -1.97. The fourth-order valence-electron chi connectivity index (χ4n) is 0.440. The standard InChI is InChI=1S/C6H4O2.H2/c7-5-1-2-6(8)4-3-5;/h1-4H;1H. The molecule has 0 amide bonds. The van der Waals surface area contributed by atoms with Crippen LogP contribution in [-0.4, -0.2) is 11.6 Å². The molecule has 0 saturated carbocycles. The van der Waals surface area contributed by atoms with Crippen molar-refractivity contribution in [2.45, 2.75) is 0 Å². The Labute approximate surface area is 48.0 Å². The minimum atomic E-state index is -0.121. The zero-order chi connectivity index (χ0) is 5.98. The molecule has 1 aliphatic carbocycles. The molecule has 0 bridgehead atoms. The van der Waals surface area contributed by atoms with Crippen LogP contribution in [0, 0.1) is 0 Å². The Morgan fingerprint density at radius 1 is 0.875 bits per heavy atom. The van der Waals surface area contributed by atoms with E-state index in [9.17, 15) is 9.59 Å². The summed E-state index contributed by atoms with van der Waals surface area (Å²) in [5, 5.41) is 0. The summed E-state index contributed by atoms with van der Waals surface area (Å²) in [6, 6.07) is 0. The molecule has 0 heterocycles. The first-order valence-electron chi connectivity index (χ1n) is 2.23. The predicted molar refractivity (Wildman–Crippen MR) is 30.4 cm³/mol. The van der Waals surface area contributed by atoms with Crippen molar-refractivity contribution >= 4 is 11.6 Å². The number of carbonyl (C=O) groups is 2. The predicted octanol–water partition coefficient (Wildman–Crippen LogP) is 0.497. The Hall–Kier alpha value is -1.18. The molecule has 1 aliphatic rings. The first-order chi connectivity index (χ1) is 3.79. The minimum absolute atomic E-state index is 0. The first-order valence-corrected chi connectivity index (χ1v) is 2.23. The Bertz CT molecular complexity index is 153. The zero-order valence-electron chi connectivity index (χ0n) is 4.13. The van der Waals surface area contributed by atoms with Gasteiger partial charge in [-0.2, -0.15) is 0 Å². The topological polar surface area (TPSA) is 34.1 Å². The summed E-state index contributed by atoms with van der Waals surface area (Å²) >= 11 is 0. The van der Waals surface area contributed by atoms with Crippen LogP contribution < -0.4 is 0 Å². The van der Waals surface area contributed by atoms with E-state index in [0.717, 1.165) is 0 Å². The van der Waals surface area contributed by atoms with Gasteiger partial charge in [-0.05, 0) is 24.3 Å². The summed E-state index contributed by atoms with van der Waals surface area (Å²) in [6.45, 7) is 0. The Balaban J connectivity index is 0.000000640. The lowest BCUT2D eigenvalue weighted by molar-refractivity contribution is -0.113. The van der Waals surface area contributed by atoms with Crippen LogP contribution in [0.1, 0.15) is 1.43 Å². The number of rotatable bonds is 0. The molecule has 0 fully saturated rings. The molecule has 2 nitrogen and oxygen atoms in total. The van der Waals surface area contributed by atoms with Gasteiger partial charge in [0.05, 0.1) is 0 Å². The van der Waals surface area contributed by atoms with E-state index in [4.69, 9.17) is 0 Å². The van der Waals surface area contributed by atoms with E-state index in [1.807, 2.05) is 0 Å². The van der Waals surface area contributed by atoms with Crippen molar-refractivity contribution in [3.63, 3.8) is 0 Å². The van der Waals surface area contributed by atoms with E-state index < -0.39 is 0 Å². The van der Waals surface area contributed by atoms with E-state index >= 15 is 0 Å². The van der Waals surface area contributed by atoms with Crippen molar-refractivity contribution in [1.29, 1.82) is 0 Å². The van der Waals surface area contributed by atoms with Gasteiger partial charge in [-0.3, -0.25) is 9.59 Å². The van der Waals surface area contributed by atoms with Crippen molar-refractivity contribution in [2.24, 2.45) is 0 Å². The van der Waals surface area contributed by atoms with Crippen LogP contribution in [0.25, 0.3) is 0 Å². The molecule has 0 radical (unpaired) electrons. The van der Waals surface area contributed by atoms with Gasteiger partial charge in [-0.25, -0.2) is 0 Å². The SMILES string of the molecule is O=C1C=CC(=O)C=C1.[HH]. The molecule has 2 heteroatoms. The lowest BCUT2D eigenvalue weighted by Gasteiger charge is -1.87. The molecule has 0 aromatic rings. The minimum Gasteiger partial charge on any atom is -0.290 e. The van der Waals surface area contributed by atoms with Gasteiger partial charge in [-0.1, -0.05) is 0 Å².